The van der Waals surface area contributed by atoms with E-state index in [1.165, 1.54) is 31.2 Å². The molecule has 2 unspecified atom stereocenters. The van der Waals surface area contributed by atoms with Gasteiger partial charge in [-0.2, -0.15) is 0 Å². The summed E-state index contributed by atoms with van der Waals surface area (Å²) in [5, 5.41) is 16.4. The van der Waals surface area contributed by atoms with Gasteiger partial charge >= 0.3 is 5.97 Å². The van der Waals surface area contributed by atoms with Crippen LogP contribution in [-0.2, 0) is 14.4 Å². The molecule has 0 aliphatic heterocycles. The SMILES string of the molecule is CC(NC(=O)c1ccc(NC(=O)C(C)NC(=O)C(C)(C)C)cc1)C(=O)O. The molecule has 8 nitrogen and oxygen atoms in total. The predicted octanol–water partition coefficient (Wildman–Crippen LogP) is 1.38. The van der Waals surface area contributed by atoms with Crippen molar-refractivity contribution in [2.45, 2.75) is 46.7 Å². The Morgan fingerprint density at radius 1 is 0.923 bits per heavy atom. The first-order valence-electron chi connectivity index (χ1n) is 8.17. The second-order valence-corrected chi connectivity index (χ2v) is 7.05. The molecule has 1 rings (SSSR count). The average Bonchev–Trinajstić information content (AvgIpc) is 2.54. The highest BCUT2D eigenvalue weighted by Gasteiger charge is 2.25. The number of aliphatic carboxylic acids is 1. The quantitative estimate of drug-likeness (QED) is 0.608. The number of carboxylic acids is 1. The van der Waals surface area contributed by atoms with Gasteiger partial charge in [0, 0.05) is 16.7 Å². The Kier molecular flexibility index (Phi) is 6.88. The highest BCUT2D eigenvalue weighted by molar-refractivity contribution is 5.99. The van der Waals surface area contributed by atoms with Gasteiger partial charge in [-0.25, -0.2) is 0 Å². The third-order valence-electron chi connectivity index (χ3n) is 3.55. The van der Waals surface area contributed by atoms with E-state index in [0.717, 1.165) is 0 Å². The number of hydrogen-bond donors (Lipinski definition) is 4. The molecule has 0 aliphatic carbocycles. The van der Waals surface area contributed by atoms with Crippen molar-refractivity contribution in [2.24, 2.45) is 5.41 Å². The fourth-order valence-electron chi connectivity index (χ4n) is 1.78. The summed E-state index contributed by atoms with van der Waals surface area (Å²) in [7, 11) is 0. The van der Waals surface area contributed by atoms with E-state index >= 15 is 0 Å². The Morgan fingerprint density at radius 2 is 1.46 bits per heavy atom. The molecule has 0 bridgehead atoms. The van der Waals surface area contributed by atoms with Crippen molar-refractivity contribution in [3.05, 3.63) is 29.8 Å². The van der Waals surface area contributed by atoms with Crippen molar-refractivity contribution < 1.29 is 24.3 Å². The molecule has 2 atom stereocenters. The van der Waals surface area contributed by atoms with Crippen molar-refractivity contribution in [3.63, 3.8) is 0 Å². The van der Waals surface area contributed by atoms with E-state index in [4.69, 9.17) is 5.11 Å². The molecule has 0 radical (unpaired) electrons. The van der Waals surface area contributed by atoms with Crippen molar-refractivity contribution in [2.75, 3.05) is 5.32 Å². The van der Waals surface area contributed by atoms with Gasteiger partial charge in [0.15, 0.2) is 0 Å². The lowest BCUT2D eigenvalue weighted by molar-refractivity contribution is -0.138. The number of carbonyl (C=O) groups is 4. The van der Waals surface area contributed by atoms with Crippen LogP contribution in [0.3, 0.4) is 0 Å². The molecule has 0 saturated carbocycles. The third-order valence-corrected chi connectivity index (χ3v) is 3.55. The maximum atomic E-state index is 12.1. The van der Waals surface area contributed by atoms with Crippen molar-refractivity contribution >= 4 is 29.4 Å². The van der Waals surface area contributed by atoms with E-state index in [1.54, 1.807) is 27.7 Å². The van der Waals surface area contributed by atoms with Gasteiger partial charge in [0.05, 0.1) is 0 Å². The Bertz CT molecular complexity index is 692. The van der Waals surface area contributed by atoms with Crippen LogP contribution in [0.15, 0.2) is 24.3 Å². The fourth-order valence-corrected chi connectivity index (χ4v) is 1.78. The first kappa shape index (κ1) is 21.1. The van der Waals surface area contributed by atoms with Crippen LogP contribution in [0.4, 0.5) is 5.69 Å². The highest BCUT2D eigenvalue weighted by Crippen LogP contribution is 2.14. The Balaban J connectivity index is 2.66. The number of amides is 3. The summed E-state index contributed by atoms with van der Waals surface area (Å²) in [5.41, 5.74) is 0.122. The van der Waals surface area contributed by atoms with Gasteiger partial charge in [-0.05, 0) is 38.1 Å². The maximum Gasteiger partial charge on any atom is 0.325 e. The minimum absolute atomic E-state index is 0.236. The zero-order chi connectivity index (χ0) is 20.1. The molecule has 0 fully saturated rings. The highest BCUT2D eigenvalue weighted by atomic mass is 16.4. The molecular formula is C18H25N3O5. The minimum Gasteiger partial charge on any atom is -0.480 e. The Labute approximate surface area is 152 Å². The molecule has 26 heavy (non-hydrogen) atoms. The first-order valence-corrected chi connectivity index (χ1v) is 8.17. The van der Waals surface area contributed by atoms with Crippen molar-refractivity contribution in [3.8, 4) is 0 Å². The van der Waals surface area contributed by atoms with E-state index in [2.05, 4.69) is 16.0 Å². The summed E-state index contributed by atoms with van der Waals surface area (Å²) in [6.45, 7) is 8.20. The zero-order valence-electron chi connectivity index (χ0n) is 15.5. The smallest absolute Gasteiger partial charge is 0.325 e. The van der Waals surface area contributed by atoms with Crippen LogP contribution in [0, 0.1) is 5.41 Å². The van der Waals surface area contributed by atoms with Gasteiger partial charge in [0.25, 0.3) is 5.91 Å². The summed E-state index contributed by atoms with van der Waals surface area (Å²) in [6, 6.07) is 4.26. The summed E-state index contributed by atoms with van der Waals surface area (Å²) < 4.78 is 0. The van der Waals surface area contributed by atoms with Gasteiger partial charge in [0.1, 0.15) is 12.1 Å². The van der Waals surface area contributed by atoms with Crippen LogP contribution in [0.25, 0.3) is 0 Å². The van der Waals surface area contributed by atoms with Gasteiger partial charge in [-0.1, -0.05) is 20.8 Å². The van der Waals surface area contributed by atoms with Crippen molar-refractivity contribution in [1.82, 2.24) is 10.6 Å². The molecular weight excluding hydrogens is 338 g/mol. The van der Waals surface area contributed by atoms with Gasteiger partial charge in [-0.3, -0.25) is 19.2 Å². The normalized spacial score (nSPS) is 13.3. The van der Waals surface area contributed by atoms with Crippen LogP contribution in [0.5, 0.6) is 0 Å². The largest absolute Gasteiger partial charge is 0.480 e. The monoisotopic (exact) mass is 363 g/mol. The molecule has 1 aromatic rings. The number of hydrogen-bond acceptors (Lipinski definition) is 4. The topological polar surface area (TPSA) is 125 Å². The second kappa shape index (κ2) is 8.46. The first-order chi connectivity index (χ1) is 11.9. The molecule has 0 aromatic heterocycles. The number of anilines is 1. The van der Waals surface area contributed by atoms with E-state index in [-0.39, 0.29) is 17.4 Å². The van der Waals surface area contributed by atoms with Gasteiger partial charge in [-0.15, -0.1) is 0 Å². The molecule has 0 spiro atoms. The van der Waals surface area contributed by atoms with E-state index in [0.29, 0.717) is 5.69 Å². The van der Waals surface area contributed by atoms with E-state index in [9.17, 15) is 19.2 Å². The van der Waals surface area contributed by atoms with Crippen molar-refractivity contribution in [1.29, 1.82) is 0 Å². The summed E-state index contributed by atoms with van der Waals surface area (Å²) in [5.74, 6) is -2.28. The third kappa shape index (κ3) is 6.19. The molecule has 0 heterocycles. The molecule has 4 N–H and O–H groups in total. The molecule has 0 saturated heterocycles. The second-order valence-electron chi connectivity index (χ2n) is 7.05. The van der Waals surface area contributed by atoms with E-state index < -0.39 is 29.4 Å². The lowest BCUT2D eigenvalue weighted by atomic mass is 9.95. The number of rotatable bonds is 6. The molecule has 8 heteroatoms. The number of carboxylic acid groups (broad SMARTS) is 1. The van der Waals surface area contributed by atoms with Crippen LogP contribution >= 0.6 is 0 Å². The standard InChI is InChI=1S/C18H25N3O5/c1-10(20-17(26)18(3,4)5)14(22)21-13-8-6-12(7-9-13)15(23)19-11(2)16(24)25/h6-11H,1-5H3,(H,19,23)(H,20,26)(H,21,22)(H,24,25). The molecule has 142 valence electrons. The van der Waals surface area contributed by atoms with Crippen LogP contribution in [0.2, 0.25) is 0 Å². The number of nitrogens with one attached hydrogen (secondary N) is 3. The minimum atomic E-state index is -1.13. The Hall–Kier alpha value is -2.90. The summed E-state index contributed by atoms with van der Waals surface area (Å²) in [4.78, 5) is 46.7. The lowest BCUT2D eigenvalue weighted by Gasteiger charge is -2.21. The van der Waals surface area contributed by atoms with Gasteiger partial charge in [0.2, 0.25) is 11.8 Å². The molecule has 1 aromatic carbocycles. The number of benzene rings is 1. The van der Waals surface area contributed by atoms with Gasteiger partial charge < -0.3 is 21.1 Å². The fraction of sp³-hybridized carbons (Fsp3) is 0.444. The summed E-state index contributed by atoms with van der Waals surface area (Å²) in [6.07, 6.45) is 0. The Morgan fingerprint density at radius 3 is 1.92 bits per heavy atom. The van der Waals surface area contributed by atoms with Crippen LogP contribution in [0.1, 0.15) is 45.0 Å². The lowest BCUT2D eigenvalue weighted by Crippen LogP contribution is -2.46. The van der Waals surface area contributed by atoms with Crippen LogP contribution in [-0.4, -0.2) is 40.9 Å². The zero-order valence-corrected chi connectivity index (χ0v) is 15.5. The average molecular weight is 363 g/mol. The molecule has 0 aliphatic rings. The summed E-state index contributed by atoms with van der Waals surface area (Å²) >= 11 is 0. The predicted molar refractivity (Wildman–Crippen MR) is 96.7 cm³/mol. The number of carbonyl (C=O) groups excluding carboxylic acids is 3. The van der Waals surface area contributed by atoms with Crippen LogP contribution < -0.4 is 16.0 Å². The maximum absolute atomic E-state index is 12.1. The van der Waals surface area contributed by atoms with E-state index in [1.807, 2.05) is 0 Å². The molecule has 3 amide bonds.